The number of fused-ring (bicyclic) bond motifs is 3. The van der Waals surface area contributed by atoms with Gasteiger partial charge < -0.3 is 9.47 Å². The fourth-order valence-corrected chi connectivity index (χ4v) is 8.22. The monoisotopic (exact) mass is 558 g/mol. The summed E-state index contributed by atoms with van der Waals surface area (Å²) in [4.78, 5) is 27.2. The van der Waals surface area contributed by atoms with Gasteiger partial charge in [-0.05, 0) is 93.7 Å². The average Bonchev–Trinajstić information content (AvgIpc) is 3.50. The largest absolute Gasteiger partial charge is 0.337 e. The highest BCUT2D eigenvalue weighted by atomic mass is 16.2. The number of carbonyl (C=O) groups excluding carboxylic acids is 1. The van der Waals surface area contributed by atoms with Crippen molar-refractivity contribution < 1.29 is 4.79 Å². The van der Waals surface area contributed by atoms with Crippen molar-refractivity contribution in [2.45, 2.75) is 75.4 Å². The van der Waals surface area contributed by atoms with Gasteiger partial charge in [-0.25, -0.2) is 9.97 Å². The number of piperidine rings is 2. The molecule has 0 spiro atoms. The van der Waals surface area contributed by atoms with Gasteiger partial charge >= 0.3 is 0 Å². The summed E-state index contributed by atoms with van der Waals surface area (Å²) in [6.45, 7) is 4.60. The second kappa shape index (κ2) is 11.0. The number of para-hydroxylation sites is 2. The maximum atomic E-state index is 13.4. The number of pyridine rings is 1. The highest BCUT2D eigenvalue weighted by molar-refractivity contribution is 5.94. The van der Waals surface area contributed by atoms with Crippen molar-refractivity contribution in [3.63, 3.8) is 0 Å². The number of carbonyl (C=O) groups is 1. The molecule has 7 heteroatoms. The maximum Gasteiger partial charge on any atom is 0.273 e. The Bertz CT molecular complexity index is 1620. The number of benzene rings is 2. The molecule has 3 saturated heterocycles. The van der Waals surface area contributed by atoms with Gasteiger partial charge in [-0.2, -0.15) is 5.26 Å². The van der Waals surface area contributed by atoms with Crippen molar-refractivity contribution in [3.05, 3.63) is 95.6 Å². The number of amides is 1. The van der Waals surface area contributed by atoms with Crippen LogP contribution in [0.2, 0.25) is 0 Å². The molecule has 2 bridgehead atoms. The van der Waals surface area contributed by atoms with Crippen LogP contribution in [0.5, 0.6) is 0 Å². The number of nitriles is 1. The lowest BCUT2D eigenvalue weighted by Crippen LogP contribution is -2.49. The summed E-state index contributed by atoms with van der Waals surface area (Å²) in [5, 5.41) is 9.50. The molecule has 3 aliphatic rings. The SMILES string of the molecule is Cc1nc2ccccc2n1C1CC2CCC(C1)N2CCC1(c2ccccc2)CCN(C(=O)c2ncccc2C#N)CC1. The van der Waals surface area contributed by atoms with E-state index in [1.807, 2.05) is 4.90 Å². The van der Waals surface area contributed by atoms with E-state index in [0.717, 1.165) is 37.1 Å². The van der Waals surface area contributed by atoms with Crippen LogP contribution in [0.15, 0.2) is 72.9 Å². The third kappa shape index (κ3) is 4.68. The van der Waals surface area contributed by atoms with Gasteiger partial charge in [0, 0.05) is 37.4 Å². The fraction of sp³-hybridized carbons (Fsp3) is 0.429. The molecule has 3 fully saturated rings. The van der Waals surface area contributed by atoms with Crippen LogP contribution in [0.3, 0.4) is 0 Å². The number of rotatable bonds is 6. The Kier molecular flexibility index (Phi) is 7.03. The zero-order valence-corrected chi connectivity index (χ0v) is 24.3. The molecule has 0 saturated carbocycles. The summed E-state index contributed by atoms with van der Waals surface area (Å²) in [7, 11) is 0. The van der Waals surface area contributed by atoms with Crippen LogP contribution in [0.4, 0.5) is 0 Å². The standard InChI is InChI=1S/C35H38N6O/c1-25-38-31-11-5-6-12-32(31)41(25)30-22-28-13-14-29(23-30)40(28)21-17-35(27-9-3-2-4-10-27)15-19-39(20-16-35)34(42)33-26(24-36)8-7-18-37-33/h2-12,18,28-30H,13-17,19-23H2,1H3. The Morgan fingerprint density at radius 3 is 2.40 bits per heavy atom. The van der Waals surface area contributed by atoms with E-state index in [1.54, 1.807) is 18.3 Å². The van der Waals surface area contributed by atoms with Gasteiger partial charge in [-0.1, -0.05) is 42.5 Å². The summed E-state index contributed by atoms with van der Waals surface area (Å²) < 4.78 is 2.51. The van der Waals surface area contributed by atoms with Crippen molar-refractivity contribution >= 4 is 16.9 Å². The third-order valence-electron chi connectivity index (χ3n) is 10.4. The predicted molar refractivity (Wildman–Crippen MR) is 163 cm³/mol. The molecule has 2 aromatic carbocycles. The lowest BCUT2D eigenvalue weighted by Gasteiger charge is -2.45. The van der Waals surface area contributed by atoms with Crippen molar-refractivity contribution in [2.75, 3.05) is 19.6 Å². The second-order valence-electron chi connectivity index (χ2n) is 12.5. The van der Waals surface area contributed by atoms with Gasteiger partial charge in [0.1, 0.15) is 17.6 Å². The molecular weight excluding hydrogens is 520 g/mol. The molecule has 7 rings (SSSR count). The van der Waals surface area contributed by atoms with E-state index in [9.17, 15) is 10.1 Å². The first-order valence-corrected chi connectivity index (χ1v) is 15.5. The van der Waals surface area contributed by atoms with Crippen molar-refractivity contribution in [1.82, 2.24) is 24.3 Å². The first kappa shape index (κ1) is 26.9. The molecule has 7 nitrogen and oxygen atoms in total. The van der Waals surface area contributed by atoms with Crippen LogP contribution in [-0.4, -0.2) is 62.0 Å². The van der Waals surface area contributed by atoms with Crippen LogP contribution in [0.1, 0.15) is 78.4 Å². The molecule has 2 unspecified atom stereocenters. The van der Waals surface area contributed by atoms with Crippen LogP contribution >= 0.6 is 0 Å². The minimum atomic E-state index is -0.128. The Labute approximate surface area is 247 Å². The lowest BCUT2D eigenvalue weighted by molar-refractivity contribution is 0.0601. The number of aryl methyl sites for hydroxylation is 1. The highest BCUT2D eigenvalue weighted by Gasteiger charge is 2.44. The molecule has 42 heavy (non-hydrogen) atoms. The van der Waals surface area contributed by atoms with Crippen LogP contribution in [0, 0.1) is 18.3 Å². The van der Waals surface area contributed by atoms with E-state index in [0.29, 0.717) is 36.8 Å². The number of hydrogen-bond donors (Lipinski definition) is 0. The molecule has 3 aliphatic heterocycles. The molecule has 214 valence electrons. The Balaban J connectivity index is 1.07. The summed E-state index contributed by atoms with van der Waals surface area (Å²) in [6, 6.07) is 26.7. The minimum absolute atomic E-state index is 0.0354. The maximum absolute atomic E-state index is 13.4. The molecule has 4 aromatic rings. The van der Waals surface area contributed by atoms with Crippen molar-refractivity contribution in [1.29, 1.82) is 5.26 Å². The van der Waals surface area contributed by atoms with E-state index in [-0.39, 0.29) is 17.0 Å². The zero-order valence-electron chi connectivity index (χ0n) is 24.3. The zero-order chi connectivity index (χ0) is 28.7. The van der Waals surface area contributed by atoms with Gasteiger partial charge in [0.15, 0.2) is 0 Å². The molecule has 2 aromatic heterocycles. The third-order valence-corrected chi connectivity index (χ3v) is 10.4. The van der Waals surface area contributed by atoms with E-state index in [1.165, 1.54) is 36.8 Å². The smallest absolute Gasteiger partial charge is 0.273 e. The number of likely N-dealkylation sites (tertiary alicyclic amines) is 1. The van der Waals surface area contributed by atoms with E-state index < -0.39 is 0 Å². The van der Waals surface area contributed by atoms with Crippen molar-refractivity contribution in [2.24, 2.45) is 0 Å². The number of hydrogen-bond acceptors (Lipinski definition) is 5. The van der Waals surface area contributed by atoms with E-state index in [2.05, 4.69) is 82.0 Å². The first-order valence-electron chi connectivity index (χ1n) is 15.5. The average molecular weight is 559 g/mol. The molecular formula is C35H38N6O. The lowest BCUT2D eigenvalue weighted by atomic mass is 9.70. The summed E-state index contributed by atoms with van der Waals surface area (Å²) in [6.07, 6.45) is 9.45. The molecule has 2 atom stereocenters. The molecule has 5 heterocycles. The van der Waals surface area contributed by atoms with Crippen LogP contribution in [0.25, 0.3) is 11.0 Å². The summed E-state index contributed by atoms with van der Waals surface area (Å²) in [5.74, 6) is 1.00. The molecule has 0 N–H and O–H groups in total. The number of nitrogens with zero attached hydrogens (tertiary/aromatic N) is 6. The quantitative estimate of drug-likeness (QED) is 0.288. The van der Waals surface area contributed by atoms with E-state index >= 15 is 0 Å². The van der Waals surface area contributed by atoms with Gasteiger partial charge in [0.25, 0.3) is 5.91 Å². The Morgan fingerprint density at radius 1 is 0.952 bits per heavy atom. The van der Waals surface area contributed by atoms with Gasteiger partial charge in [-0.3, -0.25) is 9.69 Å². The first-order chi connectivity index (χ1) is 20.6. The van der Waals surface area contributed by atoms with Crippen molar-refractivity contribution in [3.8, 4) is 6.07 Å². The molecule has 1 amide bonds. The van der Waals surface area contributed by atoms with E-state index in [4.69, 9.17) is 4.98 Å². The van der Waals surface area contributed by atoms with Gasteiger partial charge in [0.05, 0.1) is 16.6 Å². The minimum Gasteiger partial charge on any atom is -0.337 e. The fourth-order valence-electron chi connectivity index (χ4n) is 8.22. The van der Waals surface area contributed by atoms with Gasteiger partial charge in [-0.15, -0.1) is 0 Å². The van der Waals surface area contributed by atoms with Crippen LogP contribution < -0.4 is 0 Å². The topological polar surface area (TPSA) is 78.1 Å². The predicted octanol–water partition coefficient (Wildman–Crippen LogP) is 6.04. The Morgan fingerprint density at radius 2 is 1.67 bits per heavy atom. The summed E-state index contributed by atoms with van der Waals surface area (Å²) in [5.41, 5.74) is 4.41. The normalized spacial score (nSPS) is 23.6. The molecule has 0 radical (unpaired) electrons. The highest BCUT2D eigenvalue weighted by Crippen LogP contribution is 2.45. The second-order valence-corrected chi connectivity index (χ2v) is 12.5. The molecule has 0 aliphatic carbocycles. The number of imidazole rings is 1. The number of aromatic nitrogens is 3. The summed E-state index contributed by atoms with van der Waals surface area (Å²) >= 11 is 0. The van der Waals surface area contributed by atoms with Gasteiger partial charge in [0.2, 0.25) is 0 Å². The van der Waals surface area contributed by atoms with Crippen LogP contribution in [-0.2, 0) is 5.41 Å². The Hall–Kier alpha value is -4.02.